The number of urea groups is 1. The van der Waals surface area contributed by atoms with Crippen LogP contribution in [0, 0.1) is 5.92 Å². The third-order valence-electron chi connectivity index (χ3n) is 8.90. The molecule has 234 valence electrons. The number of carbonyl (C=O) groups is 3. The molecule has 0 unspecified atom stereocenters. The van der Waals surface area contributed by atoms with Gasteiger partial charge >= 0.3 is 12.2 Å². The summed E-state index contributed by atoms with van der Waals surface area (Å²) >= 11 is 12.7. The number of aromatic amines is 1. The maximum atomic E-state index is 13.7. The third-order valence-corrected chi connectivity index (χ3v) is 9.46. The molecule has 14 heteroatoms. The number of piperidine rings is 1. The molecule has 3 aliphatic heterocycles. The van der Waals surface area contributed by atoms with Gasteiger partial charge in [0.05, 0.1) is 5.02 Å². The number of aryl methyl sites for hydroxylation is 1. The number of amides is 4. The molecule has 1 atom stereocenters. The van der Waals surface area contributed by atoms with Gasteiger partial charge in [0.1, 0.15) is 17.2 Å². The van der Waals surface area contributed by atoms with Crippen molar-refractivity contribution < 1.29 is 27.6 Å². The summed E-state index contributed by atoms with van der Waals surface area (Å²) in [6, 6.07) is 9.13. The lowest BCUT2D eigenvalue weighted by atomic mass is 9.88. The lowest BCUT2D eigenvalue weighted by molar-refractivity contribution is -0.166. The van der Waals surface area contributed by atoms with E-state index in [1.165, 1.54) is 0 Å². The molecule has 0 bridgehead atoms. The van der Waals surface area contributed by atoms with E-state index in [1.54, 1.807) is 11.0 Å². The molecule has 0 saturated carbocycles. The van der Waals surface area contributed by atoms with Crippen LogP contribution in [0.4, 0.5) is 23.7 Å². The Balaban J connectivity index is 1.14. The summed E-state index contributed by atoms with van der Waals surface area (Å²) in [5, 5.41) is 10.5. The number of carbonyl (C=O) groups excluding carboxylic acids is 3. The smallest absolute Gasteiger partial charge is 0.343 e. The molecule has 2 N–H and O–H groups in total. The minimum absolute atomic E-state index is 0.0495. The number of hydrogen-bond donors (Lipinski definition) is 2. The van der Waals surface area contributed by atoms with E-state index in [1.807, 2.05) is 29.2 Å². The maximum Gasteiger partial charge on any atom is 0.406 e. The first-order valence-corrected chi connectivity index (χ1v) is 15.4. The Morgan fingerprint density at radius 3 is 2.52 bits per heavy atom. The summed E-state index contributed by atoms with van der Waals surface area (Å²) in [5.41, 5.74) is 3.34. The monoisotopic (exact) mass is 650 g/mol. The Morgan fingerprint density at radius 2 is 1.77 bits per heavy atom. The van der Waals surface area contributed by atoms with Gasteiger partial charge in [0.25, 0.3) is 0 Å². The van der Waals surface area contributed by atoms with Gasteiger partial charge in [-0.15, -0.1) is 0 Å². The number of likely N-dealkylation sites (tertiary alicyclic amines) is 1. The number of H-pyrrole nitrogens is 1. The zero-order valence-corrected chi connectivity index (χ0v) is 25.2. The minimum atomic E-state index is -4.64. The Bertz CT molecular complexity index is 1600. The maximum absolute atomic E-state index is 13.7. The number of nitrogens with zero attached hydrogens (tertiary/aromatic N) is 4. The number of hydrogen-bond acceptors (Lipinski definition) is 4. The second-order valence-corrected chi connectivity index (χ2v) is 12.4. The van der Waals surface area contributed by atoms with Crippen LogP contribution in [-0.2, 0) is 29.0 Å². The van der Waals surface area contributed by atoms with E-state index in [0.717, 1.165) is 22.6 Å². The van der Waals surface area contributed by atoms with Crippen molar-refractivity contribution >= 4 is 57.6 Å². The number of rotatable bonds is 4. The largest absolute Gasteiger partial charge is 0.406 e. The van der Waals surface area contributed by atoms with Crippen molar-refractivity contribution in [3.63, 3.8) is 0 Å². The van der Waals surface area contributed by atoms with E-state index >= 15 is 0 Å². The lowest BCUT2D eigenvalue weighted by Crippen LogP contribution is -2.50. The zero-order chi connectivity index (χ0) is 31.2. The van der Waals surface area contributed by atoms with Crippen LogP contribution in [0.1, 0.15) is 42.4 Å². The first-order valence-electron chi connectivity index (χ1n) is 14.6. The molecule has 1 saturated heterocycles. The predicted octanol–water partition coefficient (Wildman–Crippen LogP) is 5.79. The normalized spacial score (nSPS) is 20.1. The molecule has 0 spiro atoms. The molecule has 1 aromatic heterocycles. The van der Waals surface area contributed by atoms with Crippen molar-refractivity contribution in [3.8, 4) is 0 Å². The minimum Gasteiger partial charge on any atom is -0.343 e. The average Bonchev–Trinajstić information content (AvgIpc) is 3.28. The topological polar surface area (TPSA) is 102 Å². The number of para-hydroxylation sites is 1. The lowest BCUT2D eigenvalue weighted by Gasteiger charge is -2.38. The van der Waals surface area contributed by atoms with Crippen molar-refractivity contribution in [2.24, 2.45) is 5.92 Å². The number of halogens is 5. The number of alkyl halides is 3. The molecule has 3 aromatic rings. The van der Waals surface area contributed by atoms with Crippen molar-refractivity contribution in [3.05, 3.63) is 57.2 Å². The van der Waals surface area contributed by atoms with Crippen LogP contribution in [0.2, 0.25) is 10.2 Å². The van der Waals surface area contributed by atoms with Crippen LogP contribution < -0.4 is 5.32 Å². The fraction of sp³-hybridized carbons (Fsp3) is 0.467. The van der Waals surface area contributed by atoms with E-state index in [4.69, 9.17) is 23.2 Å². The summed E-state index contributed by atoms with van der Waals surface area (Å²) in [4.78, 5) is 44.2. The summed E-state index contributed by atoms with van der Waals surface area (Å²) in [5.74, 6) is -1.94. The van der Waals surface area contributed by atoms with Crippen LogP contribution in [-0.4, -0.2) is 81.1 Å². The fourth-order valence-electron chi connectivity index (χ4n) is 6.67. The van der Waals surface area contributed by atoms with Gasteiger partial charge in [-0.05, 0) is 60.9 Å². The molecule has 6 rings (SSSR count). The fourth-order valence-corrected chi connectivity index (χ4v) is 7.18. The van der Waals surface area contributed by atoms with Gasteiger partial charge < -0.3 is 20.0 Å². The quantitative estimate of drug-likeness (QED) is 0.373. The highest BCUT2D eigenvalue weighted by Gasteiger charge is 2.39. The molecule has 0 radical (unpaired) electrons. The van der Waals surface area contributed by atoms with E-state index in [0.29, 0.717) is 65.9 Å². The second kappa shape index (κ2) is 12.1. The Labute approximate surface area is 261 Å². The van der Waals surface area contributed by atoms with Crippen molar-refractivity contribution in [2.75, 3.05) is 31.5 Å². The van der Waals surface area contributed by atoms with Crippen molar-refractivity contribution in [1.82, 2.24) is 24.9 Å². The number of aromatic nitrogens is 2. The highest BCUT2D eigenvalue weighted by atomic mass is 35.5. The molecule has 9 nitrogen and oxygen atoms in total. The SMILES string of the molecule is O=C(C[C@@H]1CCc2cc(Cl)c3n[nH]c(Cl)c3c2CN(CC(F)(F)F)C1=O)N1CCC(N2CCc3ccccc3NC2=O)CC1. The number of nitrogens with one attached hydrogen (secondary N) is 2. The summed E-state index contributed by atoms with van der Waals surface area (Å²) in [6.07, 6.45) is -2.46. The van der Waals surface area contributed by atoms with Gasteiger partial charge in [-0.2, -0.15) is 18.3 Å². The Hall–Kier alpha value is -3.51. The molecular weight excluding hydrogens is 620 g/mol. The molecule has 4 heterocycles. The summed E-state index contributed by atoms with van der Waals surface area (Å²) < 4.78 is 41.0. The zero-order valence-electron chi connectivity index (χ0n) is 23.7. The van der Waals surface area contributed by atoms with E-state index in [2.05, 4.69) is 15.5 Å². The Kier molecular flexibility index (Phi) is 8.40. The van der Waals surface area contributed by atoms with Crippen molar-refractivity contribution in [1.29, 1.82) is 0 Å². The molecule has 2 aromatic carbocycles. The van der Waals surface area contributed by atoms with Crippen LogP contribution >= 0.6 is 23.2 Å². The van der Waals surface area contributed by atoms with Gasteiger partial charge in [-0.3, -0.25) is 14.7 Å². The first kappa shape index (κ1) is 30.5. The van der Waals surface area contributed by atoms with Crippen molar-refractivity contribution in [2.45, 2.75) is 57.3 Å². The molecule has 0 aliphatic carbocycles. The van der Waals surface area contributed by atoms with Crippen LogP contribution in [0.3, 0.4) is 0 Å². The standard InChI is InChI=1S/C30H31Cl2F3N6O3/c31-22-13-18-5-6-19(28(43)40(16-30(33,34)35)15-21(18)25-26(22)37-38-27(25)32)14-24(42)39-10-8-20(9-11-39)41-12-7-17-3-1-2-4-23(17)36-29(41)44/h1-4,13,19-20H,5-12,14-16H2,(H,36,44)(H,37,38)/t19-/m0/s1. The average molecular weight is 652 g/mol. The highest BCUT2D eigenvalue weighted by molar-refractivity contribution is 6.39. The number of benzene rings is 2. The first-order chi connectivity index (χ1) is 21.0. The number of anilines is 1. The number of fused-ring (bicyclic) bond motifs is 4. The predicted molar refractivity (Wildman–Crippen MR) is 159 cm³/mol. The van der Waals surface area contributed by atoms with Gasteiger partial charge in [-0.1, -0.05) is 41.4 Å². The highest BCUT2D eigenvalue weighted by Crippen LogP contribution is 2.37. The summed E-state index contributed by atoms with van der Waals surface area (Å²) in [6.45, 7) is -0.443. The van der Waals surface area contributed by atoms with Crippen LogP contribution in [0.25, 0.3) is 10.9 Å². The van der Waals surface area contributed by atoms with E-state index < -0.39 is 24.5 Å². The summed E-state index contributed by atoms with van der Waals surface area (Å²) in [7, 11) is 0. The van der Waals surface area contributed by atoms with Gasteiger partial charge in [0.15, 0.2) is 0 Å². The molecule has 3 aliphatic rings. The molecule has 4 amide bonds. The Morgan fingerprint density at radius 1 is 1.02 bits per heavy atom. The molecule has 1 fully saturated rings. The van der Waals surface area contributed by atoms with Crippen LogP contribution in [0.15, 0.2) is 30.3 Å². The van der Waals surface area contributed by atoms with Gasteiger partial charge in [0, 0.05) is 55.6 Å². The van der Waals surface area contributed by atoms with Gasteiger partial charge in [-0.25, -0.2) is 4.79 Å². The molecular formula is C30H31Cl2F3N6O3. The third kappa shape index (κ3) is 6.19. The van der Waals surface area contributed by atoms with Gasteiger partial charge in [0.2, 0.25) is 11.8 Å². The van der Waals surface area contributed by atoms with Crippen LogP contribution in [0.5, 0.6) is 0 Å². The van der Waals surface area contributed by atoms with E-state index in [9.17, 15) is 27.6 Å². The second-order valence-electron chi connectivity index (χ2n) is 11.6. The molecule has 44 heavy (non-hydrogen) atoms. The van der Waals surface area contributed by atoms with E-state index in [-0.39, 0.29) is 42.5 Å².